The fraction of sp³-hybridized carbons (Fsp3) is 0.444. The van der Waals surface area contributed by atoms with Crippen LogP contribution in [0.3, 0.4) is 0 Å². The van der Waals surface area contributed by atoms with Gasteiger partial charge >= 0.3 is 0 Å². The molecule has 0 bridgehead atoms. The maximum Gasteiger partial charge on any atom is 0.225 e. The number of carbonyl (C=O) groups excluding carboxylic acids is 1. The maximum absolute atomic E-state index is 13.2. The average Bonchev–Trinajstić information content (AvgIpc) is 3.40. The fourth-order valence-corrected chi connectivity index (χ4v) is 3.73. The van der Waals surface area contributed by atoms with E-state index < -0.39 is 11.7 Å². The Morgan fingerprint density at radius 1 is 1.50 bits per heavy atom. The van der Waals surface area contributed by atoms with E-state index in [4.69, 9.17) is 11.6 Å². The monoisotopic (exact) mass is 593 g/mol. The summed E-state index contributed by atoms with van der Waals surface area (Å²) in [7, 11) is 0. The molecule has 0 spiro atoms. The first-order valence-electron chi connectivity index (χ1n) is 8.75. The number of aromatic nitrogens is 3. The molecule has 10 heteroatoms. The van der Waals surface area contributed by atoms with Gasteiger partial charge in [0.15, 0.2) is 5.15 Å². The Hall–Kier alpha value is -0.800. The molecule has 28 heavy (non-hydrogen) atoms. The number of rotatable bonds is 9. The number of pyridine rings is 1. The van der Waals surface area contributed by atoms with Gasteiger partial charge in [0.1, 0.15) is 5.69 Å². The first-order valence-corrected chi connectivity index (χ1v) is 10.2. The van der Waals surface area contributed by atoms with Gasteiger partial charge in [-0.25, -0.2) is 4.68 Å². The molecule has 0 N–H and O–H groups in total. The van der Waals surface area contributed by atoms with Crippen LogP contribution < -0.4 is 4.90 Å². The third-order valence-corrected chi connectivity index (χ3v) is 5.61. The third kappa shape index (κ3) is 6.10. The summed E-state index contributed by atoms with van der Waals surface area (Å²) in [6.07, 6.45) is 4.98. The van der Waals surface area contributed by atoms with Gasteiger partial charge in [0.2, 0.25) is 5.91 Å². The summed E-state index contributed by atoms with van der Waals surface area (Å²) in [6, 6.07) is 3.58. The molecule has 1 aliphatic carbocycles. The van der Waals surface area contributed by atoms with Crippen molar-refractivity contribution in [1.29, 1.82) is 0 Å². The van der Waals surface area contributed by atoms with Gasteiger partial charge in [-0.1, -0.05) is 23.8 Å². The Morgan fingerprint density at radius 3 is 2.82 bits per heavy atom. The Bertz CT molecular complexity index is 776. The second-order valence-corrected chi connectivity index (χ2v) is 8.18. The van der Waals surface area contributed by atoms with Crippen molar-refractivity contribution in [2.45, 2.75) is 31.4 Å². The quantitative estimate of drug-likeness (QED) is 0.316. The molecule has 2 aromatic heterocycles. The first-order chi connectivity index (χ1) is 13.0. The minimum absolute atomic E-state index is 0. The van der Waals surface area contributed by atoms with E-state index in [0.29, 0.717) is 29.6 Å². The van der Waals surface area contributed by atoms with Crippen molar-refractivity contribution in [1.82, 2.24) is 14.8 Å². The zero-order valence-electron chi connectivity index (χ0n) is 15.3. The Morgan fingerprint density at radius 2 is 2.25 bits per heavy atom. The zero-order valence-corrected chi connectivity index (χ0v) is 20.5. The summed E-state index contributed by atoms with van der Waals surface area (Å²) in [6.45, 7) is 2.26. The molecule has 0 aliphatic heterocycles. The normalized spacial score (nSPS) is 14.6. The van der Waals surface area contributed by atoms with Gasteiger partial charge < -0.3 is 13.7 Å². The third-order valence-electron chi connectivity index (χ3n) is 4.26. The van der Waals surface area contributed by atoms with Crippen LogP contribution >= 0.6 is 23.4 Å². The second-order valence-electron chi connectivity index (χ2n) is 6.35. The van der Waals surface area contributed by atoms with Crippen molar-refractivity contribution < 1.29 is 39.4 Å². The van der Waals surface area contributed by atoms with E-state index in [1.807, 2.05) is 6.07 Å². The molecule has 2 heterocycles. The summed E-state index contributed by atoms with van der Waals surface area (Å²) in [5.74, 6) is 0.522. The van der Waals surface area contributed by atoms with E-state index in [0.717, 1.165) is 24.6 Å². The maximum atomic E-state index is 13.2. The molecule has 1 fully saturated rings. The molecule has 1 saturated carbocycles. The molecule has 0 saturated heterocycles. The van der Waals surface area contributed by atoms with Gasteiger partial charge in [-0.3, -0.25) is 9.78 Å². The first kappa shape index (κ1) is 23.5. The molecule has 3 rings (SSSR count). The summed E-state index contributed by atoms with van der Waals surface area (Å²) >= 11 is 7.36. The van der Waals surface area contributed by atoms with Crippen LogP contribution in [0.4, 0.5) is 14.5 Å². The zero-order chi connectivity index (χ0) is 19.4. The van der Waals surface area contributed by atoms with Crippen LogP contribution in [-0.2, 0) is 30.6 Å². The number of hydrogen-bond acceptors (Lipinski definition) is 4. The predicted molar refractivity (Wildman–Crippen MR) is 103 cm³/mol. The van der Waals surface area contributed by atoms with Crippen molar-refractivity contribution in [3.8, 4) is 5.69 Å². The van der Waals surface area contributed by atoms with Crippen LogP contribution in [0.15, 0.2) is 30.7 Å². The number of carbonyl (C=O) groups is 1. The molecule has 1 aliphatic rings. The van der Waals surface area contributed by atoms with E-state index in [2.05, 4.69) is 10.1 Å². The van der Waals surface area contributed by atoms with Gasteiger partial charge in [0, 0.05) is 51.4 Å². The SMILES string of the molecule is CCSC(CC(=O)N(CC1CC1)c1cn(-c2cccnc2)nc1Cl)[C-](F)F.[Hf]. The molecule has 2 aromatic rings. The number of halogens is 3. The van der Waals surface area contributed by atoms with Crippen LogP contribution in [0.2, 0.25) is 5.15 Å². The van der Waals surface area contributed by atoms with Crippen LogP contribution in [0, 0.1) is 12.3 Å². The van der Waals surface area contributed by atoms with Gasteiger partial charge in [0.05, 0.1) is 18.1 Å². The molecule has 150 valence electrons. The molecule has 1 unspecified atom stereocenters. The number of thioether (sulfide) groups is 1. The molecule has 1 atom stereocenters. The van der Waals surface area contributed by atoms with Gasteiger partial charge in [0.25, 0.3) is 0 Å². The fourth-order valence-electron chi connectivity index (χ4n) is 2.71. The van der Waals surface area contributed by atoms with E-state index in [1.165, 1.54) is 9.58 Å². The van der Waals surface area contributed by atoms with E-state index >= 15 is 0 Å². The molecular weight excluding hydrogens is 572 g/mol. The van der Waals surface area contributed by atoms with Crippen molar-refractivity contribution in [3.05, 3.63) is 42.3 Å². The van der Waals surface area contributed by atoms with Crippen molar-refractivity contribution in [2.24, 2.45) is 5.92 Å². The Kier molecular flexibility index (Phi) is 9.08. The smallest absolute Gasteiger partial charge is 0.225 e. The van der Waals surface area contributed by atoms with Crippen LogP contribution in [-0.4, -0.2) is 38.2 Å². The minimum atomic E-state index is -1.72. The summed E-state index contributed by atoms with van der Waals surface area (Å²) < 4.78 is 27.9. The largest absolute Gasteiger partial charge is 0.420 e. The molecule has 1 amide bonds. The second kappa shape index (κ2) is 10.8. The number of nitrogens with zero attached hydrogens (tertiary/aromatic N) is 4. The Balaban J connectivity index is 0.00000280. The molecule has 0 radical (unpaired) electrons. The predicted octanol–water partition coefficient (Wildman–Crippen LogP) is 4.60. The summed E-state index contributed by atoms with van der Waals surface area (Å²) in [5, 5.41) is 3.32. The number of hydrogen-bond donors (Lipinski definition) is 0. The van der Waals surface area contributed by atoms with Gasteiger partial charge in [-0.05, 0) is 36.6 Å². The van der Waals surface area contributed by atoms with E-state index in [-0.39, 0.29) is 43.3 Å². The number of anilines is 1. The number of amides is 1. The van der Waals surface area contributed by atoms with Crippen LogP contribution in [0.5, 0.6) is 0 Å². The topological polar surface area (TPSA) is 51.0 Å². The van der Waals surface area contributed by atoms with E-state index in [9.17, 15) is 13.6 Å². The summed E-state index contributed by atoms with van der Waals surface area (Å²) in [4.78, 5) is 18.4. The van der Waals surface area contributed by atoms with E-state index in [1.54, 1.807) is 31.6 Å². The Labute approximate surface area is 191 Å². The molecular formula is C18H20ClF2HfN4OS-. The van der Waals surface area contributed by atoms with Crippen molar-refractivity contribution >= 4 is 35.0 Å². The van der Waals surface area contributed by atoms with Crippen LogP contribution in [0.1, 0.15) is 26.2 Å². The minimum Gasteiger partial charge on any atom is -0.420 e. The van der Waals surface area contributed by atoms with Crippen molar-refractivity contribution in [3.63, 3.8) is 0 Å². The van der Waals surface area contributed by atoms with Gasteiger partial charge in [-0.2, -0.15) is 16.9 Å². The average molecular weight is 592 g/mol. The van der Waals surface area contributed by atoms with Crippen molar-refractivity contribution in [2.75, 3.05) is 17.2 Å². The molecule has 0 aromatic carbocycles. The van der Waals surface area contributed by atoms with Crippen LogP contribution in [0.25, 0.3) is 5.69 Å². The standard InChI is InChI=1S/C18H20ClF2N4OS.Hf/c1-2-27-15(18(20)21)8-16(26)24(10-12-5-6-12)14-11-25(23-17(14)19)13-4-3-7-22-9-13;/h3-4,7,9,11-12,15H,2,5-6,8,10H2,1H3;/q-1;. The van der Waals surface area contributed by atoms with Gasteiger partial charge in [-0.15, -0.1) is 0 Å². The molecule has 5 nitrogen and oxygen atoms in total. The summed E-state index contributed by atoms with van der Waals surface area (Å²) in [5.41, 5.74) is 1.14.